The Hall–Kier alpha value is 0.300. The highest BCUT2D eigenvalue weighted by Gasteiger charge is 2.03. The smallest absolute Gasteiger partial charge is 0.0213 e. The quantitative estimate of drug-likeness (QED) is 0.729. The van der Waals surface area contributed by atoms with Crippen LogP contribution in [-0.2, 0) is 0 Å². The molecule has 0 fully saturated rings. The Balaban J connectivity index is 3.02. The molecule has 60 valence electrons. The van der Waals surface area contributed by atoms with Crippen LogP contribution in [0.1, 0.15) is 25.3 Å². The molecule has 2 heteroatoms. The molecule has 0 bridgehead atoms. The molecule has 0 aliphatic carbocycles. The molecule has 0 aliphatic heterocycles. The maximum Gasteiger partial charge on any atom is 0.0213 e. The monoisotopic (exact) mass is 278 g/mol. The van der Waals surface area contributed by atoms with E-state index in [0.29, 0.717) is 5.92 Å². The van der Waals surface area contributed by atoms with Crippen LogP contribution in [0.3, 0.4) is 0 Å². The van der Waals surface area contributed by atoms with E-state index in [4.69, 9.17) is 0 Å². The Labute approximate surface area is 84.4 Å². The van der Waals surface area contributed by atoms with Crippen LogP contribution in [-0.4, -0.2) is 0 Å². The van der Waals surface area contributed by atoms with Crippen LogP contribution in [0.5, 0.6) is 0 Å². The Bertz CT molecular complexity index is 233. The summed E-state index contributed by atoms with van der Waals surface area (Å²) in [6.45, 7) is 4.46. The zero-order chi connectivity index (χ0) is 8.27. The van der Waals surface area contributed by atoms with E-state index < -0.39 is 0 Å². The molecule has 0 spiro atoms. The van der Waals surface area contributed by atoms with Crippen molar-refractivity contribution in [3.63, 3.8) is 0 Å². The van der Waals surface area contributed by atoms with Gasteiger partial charge in [-0.2, -0.15) is 0 Å². The standard InChI is InChI=1S/C9H11IS/c1-7(2)8-5-3-4-6-9(8)11-10/h3-7H,1-2H3. The molecular weight excluding hydrogens is 267 g/mol. The van der Waals surface area contributed by atoms with Crippen molar-refractivity contribution in [1.82, 2.24) is 0 Å². The van der Waals surface area contributed by atoms with Gasteiger partial charge in [-0.25, -0.2) is 0 Å². The number of hydrogen-bond donors (Lipinski definition) is 0. The summed E-state index contributed by atoms with van der Waals surface area (Å²) in [5.74, 6) is 0.633. The van der Waals surface area contributed by atoms with Gasteiger partial charge in [0.15, 0.2) is 0 Å². The van der Waals surface area contributed by atoms with E-state index in [-0.39, 0.29) is 0 Å². The van der Waals surface area contributed by atoms with Crippen LogP contribution >= 0.6 is 30.1 Å². The lowest BCUT2D eigenvalue weighted by atomic mass is 10.0. The Morgan fingerprint density at radius 1 is 1.27 bits per heavy atom. The molecule has 0 heterocycles. The van der Waals surface area contributed by atoms with Crippen LogP contribution in [0.15, 0.2) is 29.2 Å². The number of halogens is 1. The summed E-state index contributed by atoms with van der Waals surface area (Å²) in [4.78, 5) is 1.39. The second kappa shape index (κ2) is 4.36. The molecule has 1 aromatic carbocycles. The summed E-state index contributed by atoms with van der Waals surface area (Å²) in [6.07, 6.45) is 0. The first-order chi connectivity index (χ1) is 5.25. The maximum absolute atomic E-state index is 2.33. The summed E-state index contributed by atoms with van der Waals surface area (Å²) in [5.41, 5.74) is 1.45. The second-order valence-corrected chi connectivity index (χ2v) is 4.69. The van der Waals surface area contributed by atoms with Gasteiger partial charge >= 0.3 is 0 Å². The predicted octanol–water partition coefficient (Wildman–Crippen LogP) is 4.25. The van der Waals surface area contributed by atoms with E-state index in [9.17, 15) is 0 Å². The van der Waals surface area contributed by atoms with Gasteiger partial charge in [-0.15, -0.1) is 0 Å². The van der Waals surface area contributed by atoms with Gasteiger partial charge in [-0.1, -0.05) is 41.0 Å². The van der Waals surface area contributed by atoms with Gasteiger partial charge in [-0.05, 0) is 17.5 Å². The third-order valence-corrected chi connectivity index (χ3v) is 3.59. The molecule has 0 amide bonds. The van der Waals surface area contributed by atoms with Gasteiger partial charge in [0.1, 0.15) is 0 Å². The second-order valence-electron chi connectivity index (χ2n) is 2.77. The first-order valence-electron chi connectivity index (χ1n) is 3.63. The summed E-state index contributed by atoms with van der Waals surface area (Å²) < 4.78 is 0. The van der Waals surface area contributed by atoms with Crippen molar-refractivity contribution in [3.8, 4) is 0 Å². The molecule has 0 aromatic heterocycles. The molecular formula is C9H11IS. The molecule has 0 unspecified atom stereocenters. The highest BCUT2D eigenvalue weighted by atomic mass is 127. The minimum atomic E-state index is 0.633. The third-order valence-electron chi connectivity index (χ3n) is 1.62. The van der Waals surface area contributed by atoms with Crippen molar-refractivity contribution in [1.29, 1.82) is 0 Å². The lowest BCUT2D eigenvalue weighted by molar-refractivity contribution is 0.843. The SMILES string of the molecule is CC(C)c1ccccc1SI. The van der Waals surface area contributed by atoms with Crippen LogP contribution < -0.4 is 0 Å². The van der Waals surface area contributed by atoms with E-state index >= 15 is 0 Å². The molecule has 0 saturated heterocycles. The Morgan fingerprint density at radius 2 is 1.91 bits per heavy atom. The molecule has 0 nitrogen and oxygen atoms in total. The Morgan fingerprint density at radius 3 is 2.36 bits per heavy atom. The van der Waals surface area contributed by atoms with E-state index in [1.165, 1.54) is 10.5 Å². The van der Waals surface area contributed by atoms with Crippen molar-refractivity contribution in [2.75, 3.05) is 0 Å². The first kappa shape index (κ1) is 9.39. The minimum Gasteiger partial charge on any atom is -0.0619 e. The lowest BCUT2D eigenvalue weighted by Gasteiger charge is -2.08. The van der Waals surface area contributed by atoms with E-state index in [0.717, 1.165) is 0 Å². The third kappa shape index (κ3) is 2.37. The van der Waals surface area contributed by atoms with E-state index in [1.807, 2.05) is 0 Å². The van der Waals surface area contributed by atoms with Gasteiger partial charge in [0, 0.05) is 26.1 Å². The van der Waals surface area contributed by atoms with Crippen molar-refractivity contribution in [2.45, 2.75) is 24.7 Å². The van der Waals surface area contributed by atoms with Crippen LogP contribution in [0.4, 0.5) is 0 Å². The fourth-order valence-corrected chi connectivity index (χ4v) is 2.75. The van der Waals surface area contributed by atoms with Gasteiger partial charge in [0.2, 0.25) is 0 Å². The summed E-state index contributed by atoms with van der Waals surface area (Å²) in [7, 11) is 1.79. The molecule has 0 radical (unpaired) electrons. The molecule has 0 saturated carbocycles. The van der Waals surface area contributed by atoms with Crippen LogP contribution in [0, 0.1) is 0 Å². The van der Waals surface area contributed by atoms with Gasteiger partial charge in [-0.3, -0.25) is 0 Å². The average Bonchev–Trinajstić information content (AvgIpc) is 2.04. The van der Waals surface area contributed by atoms with Crippen molar-refractivity contribution < 1.29 is 0 Å². The summed E-state index contributed by atoms with van der Waals surface area (Å²) >= 11 is 2.33. The fourth-order valence-electron chi connectivity index (χ4n) is 1.03. The summed E-state index contributed by atoms with van der Waals surface area (Å²) in [6, 6.07) is 8.57. The van der Waals surface area contributed by atoms with Crippen LogP contribution in [0.2, 0.25) is 0 Å². The molecule has 0 atom stereocenters. The first-order valence-corrected chi connectivity index (χ1v) is 6.99. The molecule has 0 aliphatic rings. The zero-order valence-corrected chi connectivity index (χ0v) is 9.65. The summed E-state index contributed by atoms with van der Waals surface area (Å²) in [5, 5.41) is 0. The topological polar surface area (TPSA) is 0 Å². The molecule has 1 aromatic rings. The molecule has 1 rings (SSSR count). The highest BCUT2D eigenvalue weighted by Crippen LogP contribution is 2.32. The Kier molecular flexibility index (Phi) is 3.72. The van der Waals surface area contributed by atoms with Gasteiger partial charge in [0.25, 0.3) is 0 Å². The maximum atomic E-state index is 2.33. The average molecular weight is 278 g/mol. The van der Waals surface area contributed by atoms with Gasteiger partial charge < -0.3 is 0 Å². The normalized spacial score (nSPS) is 10.5. The number of rotatable bonds is 2. The lowest BCUT2D eigenvalue weighted by Crippen LogP contribution is -1.88. The number of hydrogen-bond acceptors (Lipinski definition) is 1. The highest BCUT2D eigenvalue weighted by molar-refractivity contribution is 14.2. The number of benzene rings is 1. The fraction of sp³-hybridized carbons (Fsp3) is 0.333. The van der Waals surface area contributed by atoms with Crippen molar-refractivity contribution in [3.05, 3.63) is 29.8 Å². The van der Waals surface area contributed by atoms with Crippen LogP contribution in [0.25, 0.3) is 0 Å². The largest absolute Gasteiger partial charge is 0.0619 e. The van der Waals surface area contributed by atoms with E-state index in [2.05, 4.69) is 59.3 Å². The molecule has 11 heavy (non-hydrogen) atoms. The van der Waals surface area contributed by atoms with Crippen molar-refractivity contribution in [2.24, 2.45) is 0 Å². The van der Waals surface area contributed by atoms with Gasteiger partial charge in [0.05, 0.1) is 0 Å². The molecule has 0 N–H and O–H groups in total. The van der Waals surface area contributed by atoms with Crippen molar-refractivity contribution >= 4 is 30.1 Å². The zero-order valence-electron chi connectivity index (χ0n) is 6.67. The van der Waals surface area contributed by atoms with E-state index in [1.54, 1.807) is 8.93 Å². The predicted molar refractivity (Wildman–Crippen MR) is 60.4 cm³/mol. The minimum absolute atomic E-state index is 0.633.